The van der Waals surface area contributed by atoms with Gasteiger partial charge in [0.05, 0.1) is 5.69 Å². The monoisotopic (exact) mass is 477 g/mol. The van der Waals surface area contributed by atoms with E-state index < -0.39 is 6.10 Å². The number of rotatable bonds is 7. The molecule has 0 spiro atoms. The Morgan fingerprint density at radius 1 is 1.03 bits per heavy atom. The average molecular weight is 478 g/mol. The molecule has 33 heavy (non-hydrogen) atoms. The zero-order valence-corrected chi connectivity index (χ0v) is 19.2. The van der Waals surface area contributed by atoms with Gasteiger partial charge < -0.3 is 5.11 Å². The van der Waals surface area contributed by atoms with Crippen LogP contribution in [0.25, 0.3) is 5.69 Å². The summed E-state index contributed by atoms with van der Waals surface area (Å²) in [7, 11) is 0. The van der Waals surface area contributed by atoms with Crippen molar-refractivity contribution in [2.45, 2.75) is 18.2 Å². The second-order valence-electron chi connectivity index (χ2n) is 7.02. The summed E-state index contributed by atoms with van der Waals surface area (Å²) in [6, 6.07) is 25.6. The summed E-state index contributed by atoms with van der Waals surface area (Å²) in [6.07, 6.45) is -1.00. The van der Waals surface area contributed by atoms with Gasteiger partial charge in [0.1, 0.15) is 6.10 Å². The summed E-state index contributed by atoms with van der Waals surface area (Å²) in [5.74, 6) is 0.0860. The van der Waals surface area contributed by atoms with Crippen molar-refractivity contribution in [1.29, 1.82) is 0 Å². The van der Waals surface area contributed by atoms with Gasteiger partial charge in [-0.25, -0.2) is 0 Å². The van der Waals surface area contributed by atoms with E-state index in [-0.39, 0.29) is 10.8 Å². The number of hydrogen-bond acceptors (Lipinski definition) is 7. The fourth-order valence-corrected chi connectivity index (χ4v) is 4.03. The lowest BCUT2D eigenvalue weighted by Gasteiger charge is -2.14. The van der Waals surface area contributed by atoms with E-state index in [1.165, 1.54) is 6.92 Å². The number of Topliss-reactive ketones (excluding diaryl/α,β-unsaturated/α-hetero) is 1. The maximum Gasteiger partial charge on any atom is 0.202 e. The average Bonchev–Trinajstić information content (AvgIpc) is 3.25. The van der Waals surface area contributed by atoms with E-state index in [1.807, 2.05) is 60.7 Å². The SMILES string of the molecule is CC(=O)/C(=N/Nc1cccc(Cl)c1)Sc1nnc([C@@H](O)c2ccccc2)n1-c1ccccc1. The van der Waals surface area contributed by atoms with Crippen LogP contribution in [0.5, 0.6) is 0 Å². The van der Waals surface area contributed by atoms with Crippen LogP contribution in [-0.4, -0.2) is 30.7 Å². The van der Waals surface area contributed by atoms with Gasteiger partial charge in [-0.2, -0.15) is 5.10 Å². The van der Waals surface area contributed by atoms with E-state index >= 15 is 0 Å². The Bertz CT molecular complexity index is 1280. The third-order valence-electron chi connectivity index (χ3n) is 4.63. The number of thioether (sulfide) groups is 1. The van der Waals surface area contributed by atoms with Gasteiger partial charge in [-0.3, -0.25) is 14.8 Å². The van der Waals surface area contributed by atoms with Gasteiger partial charge >= 0.3 is 0 Å². The van der Waals surface area contributed by atoms with Crippen LogP contribution in [-0.2, 0) is 4.79 Å². The third kappa shape index (κ3) is 5.48. The van der Waals surface area contributed by atoms with E-state index in [4.69, 9.17) is 11.6 Å². The molecule has 0 fully saturated rings. The van der Waals surface area contributed by atoms with E-state index in [0.29, 0.717) is 27.3 Å². The van der Waals surface area contributed by atoms with E-state index in [1.54, 1.807) is 28.8 Å². The molecule has 7 nitrogen and oxygen atoms in total. The first-order valence-corrected chi connectivity index (χ1v) is 11.2. The molecule has 2 N–H and O–H groups in total. The quantitative estimate of drug-likeness (QED) is 0.166. The number of halogens is 1. The summed E-state index contributed by atoms with van der Waals surface area (Å²) in [5.41, 5.74) is 4.93. The third-order valence-corrected chi connectivity index (χ3v) is 5.89. The van der Waals surface area contributed by atoms with Crippen molar-refractivity contribution in [3.05, 3.63) is 101 Å². The molecule has 0 amide bonds. The first kappa shape index (κ1) is 22.7. The minimum absolute atomic E-state index is 0.181. The van der Waals surface area contributed by atoms with Gasteiger partial charge in [-0.05, 0) is 47.7 Å². The van der Waals surface area contributed by atoms with E-state index in [0.717, 1.165) is 17.4 Å². The molecular formula is C24H20ClN5O2S. The molecule has 9 heteroatoms. The van der Waals surface area contributed by atoms with Gasteiger partial charge in [-0.1, -0.05) is 66.2 Å². The Morgan fingerprint density at radius 3 is 2.39 bits per heavy atom. The number of hydrogen-bond donors (Lipinski definition) is 2. The van der Waals surface area contributed by atoms with Crippen LogP contribution in [0.4, 0.5) is 5.69 Å². The zero-order chi connectivity index (χ0) is 23.2. The topological polar surface area (TPSA) is 92.4 Å². The van der Waals surface area contributed by atoms with Gasteiger partial charge in [0.15, 0.2) is 16.7 Å². The van der Waals surface area contributed by atoms with Crippen molar-refractivity contribution < 1.29 is 9.90 Å². The van der Waals surface area contributed by atoms with Crippen molar-refractivity contribution >= 4 is 39.9 Å². The van der Waals surface area contributed by atoms with Crippen LogP contribution < -0.4 is 5.43 Å². The van der Waals surface area contributed by atoms with Crippen LogP contribution in [0.3, 0.4) is 0 Å². The number of aliphatic hydroxyl groups excluding tert-OH is 1. The fourth-order valence-electron chi connectivity index (χ4n) is 3.06. The molecular weight excluding hydrogens is 458 g/mol. The van der Waals surface area contributed by atoms with Crippen molar-refractivity contribution in [2.75, 3.05) is 5.43 Å². The standard InChI is InChI=1S/C24H20ClN5O2S/c1-16(31)23(28-26-19-12-8-11-18(25)15-19)33-24-29-27-22(21(32)17-9-4-2-5-10-17)30(24)20-13-6-3-7-14-20/h2-15,21,26,32H,1H3/b28-23-/t21-/m0/s1. The fraction of sp³-hybridized carbons (Fsp3) is 0.0833. The number of aliphatic hydroxyl groups is 1. The molecule has 166 valence electrons. The summed E-state index contributed by atoms with van der Waals surface area (Å²) < 4.78 is 1.72. The summed E-state index contributed by atoms with van der Waals surface area (Å²) in [4.78, 5) is 12.3. The number of para-hydroxylation sites is 1. The number of carbonyl (C=O) groups excluding carboxylic acids is 1. The maximum atomic E-state index is 12.3. The largest absolute Gasteiger partial charge is 0.380 e. The normalized spacial score (nSPS) is 12.4. The highest BCUT2D eigenvalue weighted by Crippen LogP contribution is 2.29. The van der Waals surface area contributed by atoms with Crippen molar-refractivity contribution in [1.82, 2.24) is 14.8 Å². The smallest absolute Gasteiger partial charge is 0.202 e. The number of nitrogens with one attached hydrogen (secondary N) is 1. The Hall–Kier alpha value is -3.46. The van der Waals surface area contributed by atoms with Crippen LogP contribution >= 0.6 is 23.4 Å². The van der Waals surface area contributed by atoms with E-state index in [2.05, 4.69) is 20.7 Å². The van der Waals surface area contributed by atoms with Crippen LogP contribution in [0.1, 0.15) is 24.4 Å². The second-order valence-corrected chi connectivity index (χ2v) is 8.41. The summed E-state index contributed by atoms with van der Waals surface area (Å²) >= 11 is 7.08. The molecule has 0 saturated carbocycles. The number of ketones is 1. The second kappa shape index (κ2) is 10.4. The number of benzene rings is 3. The minimum atomic E-state index is -1.00. The van der Waals surface area contributed by atoms with Gasteiger partial charge in [-0.15, -0.1) is 10.2 Å². The summed E-state index contributed by atoms with van der Waals surface area (Å²) in [6.45, 7) is 1.43. The number of carbonyl (C=O) groups is 1. The molecule has 0 aliphatic carbocycles. The highest BCUT2D eigenvalue weighted by atomic mass is 35.5. The highest BCUT2D eigenvalue weighted by molar-refractivity contribution is 8.15. The number of anilines is 1. The molecule has 1 atom stereocenters. The Balaban J connectivity index is 1.71. The summed E-state index contributed by atoms with van der Waals surface area (Å²) in [5, 5.41) is 24.9. The highest BCUT2D eigenvalue weighted by Gasteiger charge is 2.24. The molecule has 4 rings (SSSR count). The lowest BCUT2D eigenvalue weighted by Crippen LogP contribution is -2.12. The Kier molecular flexibility index (Phi) is 7.19. The number of nitrogens with zero attached hydrogens (tertiary/aromatic N) is 4. The molecule has 1 aromatic heterocycles. The number of hydrazone groups is 1. The first-order valence-electron chi connectivity index (χ1n) is 10.0. The predicted molar refractivity (Wildman–Crippen MR) is 131 cm³/mol. The molecule has 4 aromatic rings. The molecule has 0 bridgehead atoms. The van der Waals surface area contributed by atoms with Gasteiger partial charge in [0, 0.05) is 17.6 Å². The van der Waals surface area contributed by atoms with Crippen LogP contribution in [0.2, 0.25) is 5.02 Å². The Labute approximate surface area is 200 Å². The zero-order valence-electron chi connectivity index (χ0n) is 17.6. The van der Waals surface area contributed by atoms with Gasteiger partial charge in [0.2, 0.25) is 5.16 Å². The Morgan fingerprint density at radius 2 is 1.73 bits per heavy atom. The lowest BCUT2D eigenvalue weighted by atomic mass is 10.1. The molecule has 0 aliphatic heterocycles. The molecule has 1 heterocycles. The molecule has 0 radical (unpaired) electrons. The van der Waals surface area contributed by atoms with Gasteiger partial charge in [0.25, 0.3) is 0 Å². The maximum absolute atomic E-state index is 12.3. The molecule has 0 saturated heterocycles. The van der Waals surface area contributed by atoms with Crippen LogP contribution in [0, 0.1) is 0 Å². The van der Waals surface area contributed by atoms with Crippen molar-refractivity contribution in [2.24, 2.45) is 5.10 Å². The lowest BCUT2D eigenvalue weighted by molar-refractivity contribution is -0.110. The molecule has 3 aromatic carbocycles. The molecule has 0 unspecified atom stereocenters. The molecule has 0 aliphatic rings. The predicted octanol–water partition coefficient (Wildman–Crippen LogP) is 5.11. The first-order chi connectivity index (χ1) is 16.0. The van der Waals surface area contributed by atoms with Crippen LogP contribution in [0.15, 0.2) is 95.2 Å². The van der Waals surface area contributed by atoms with E-state index in [9.17, 15) is 9.90 Å². The van der Waals surface area contributed by atoms with Crippen molar-refractivity contribution in [3.8, 4) is 5.69 Å². The minimum Gasteiger partial charge on any atom is -0.380 e. The number of aromatic nitrogens is 3. The van der Waals surface area contributed by atoms with Crippen molar-refractivity contribution in [3.63, 3.8) is 0 Å².